The van der Waals surface area contributed by atoms with Gasteiger partial charge in [-0.1, -0.05) is 25.8 Å². The number of carbonyl (C=O) groups is 1. The fourth-order valence-corrected chi connectivity index (χ4v) is 4.97. The van der Waals surface area contributed by atoms with Gasteiger partial charge < -0.3 is 15.0 Å². The Labute approximate surface area is 172 Å². The number of aromatic nitrogens is 1. The van der Waals surface area contributed by atoms with Crippen molar-refractivity contribution in [2.24, 2.45) is 5.73 Å². The summed E-state index contributed by atoms with van der Waals surface area (Å²) >= 11 is 1.69. The number of ether oxygens (including phenoxy) is 1. The molecule has 6 heteroatoms. The maximum Gasteiger partial charge on any atom is 0.251 e. The highest BCUT2D eigenvalue weighted by molar-refractivity contribution is 7.13. The first-order valence-corrected chi connectivity index (χ1v) is 11.4. The van der Waals surface area contributed by atoms with Gasteiger partial charge in [-0.25, -0.2) is 0 Å². The summed E-state index contributed by atoms with van der Waals surface area (Å²) in [5, 5.41) is 2.07. The lowest BCUT2D eigenvalue weighted by Gasteiger charge is -2.26. The van der Waals surface area contributed by atoms with Gasteiger partial charge in [0.1, 0.15) is 0 Å². The van der Waals surface area contributed by atoms with Crippen LogP contribution in [-0.2, 0) is 17.7 Å². The minimum Gasteiger partial charge on any atom is -0.379 e. The Morgan fingerprint density at radius 3 is 2.64 bits per heavy atom. The smallest absolute Gasteiger partial charge is 0.251 e. The van der Waals surface area contributed by atoms with Crippen LogP contribution in [0.4, 0.5) is 0 Å². The SMILES string of the molecule is CCCCCc1c(-c2cccs2)c(C(N)=O)c(C)n1CCCN1CCOCC1. The van der Waals surface area contributed by atoms with Crippen LogP contribution in [0.25, 0.3) is 10.4 Å². The monoisotopic (exact) mass is 403 g/mol. The summed E-state index contributed by atoms with van der Waals surface area (Å²) in [7, 11) is 0. The van der Waals surface area contributed by atoms with E-state index in [-0.39, 0.29) is 5.91 Å². The molecular weight excluding hydrogens is 370 g/mol. The van der Waals surface area contributed by atoms with E-state index in [0.29, 0.717) is 5.56 Å². The summed E-state index contributed by atoms with van der Waals surface area (Å²) < 4.78 is 7.81. The van der Waals surface area contributed by atoms with E-state index >= 15 is 0 Å². The van der Waals surface area contributed by atoms with Crippen molar-refractivity contribution in [2.45, 2.75) is 52.5 Å². The van der Waals surface area contributed by atoms with Gasteiger partial charge >= 0.3 is 0 Å². The fraction of sp³-hybridized carbons (Fsp3) is 0.591. The fourth-order valence-electron chi connectivity index (χ4n) is 4.17. The van der Waals surface area contributed by atoms with Crippen LogP contribution in [0.3, 0.4) is 0 Å². The van der Waals surface area contributed by atoms with Crippen LogP contribution in [0.2, 0.25) is 0 Å². The third-order valence-corrected chi connectivity index (χ3v) is 6.51. The second-order valence-electron chi connectivity index (χ2n) is 7.54. The zero-order valence-corrected chi connectivity index (χ0v) is 18.0. The predicted octanol–water partition coefficient (Wildman–Crippen LogP) is 4.08. The average molecular weight is 404 g/mol. The van der Waals surface area contributed by atoms with E-state index in [1.165, 1.54) is 18.5 Å². The van der Waals surface area contributed by atoms with E-state index in [9.17, 15) is 4.79 Å². The number of rotatable bonds is 10. The number of primary amides is 1. The number of morpholine rings is 1. The van der Waals surface area contributed by atoms with Gasteiger partial charge in [-0.15, -0.1) is 11.3 Å². The van der Waals surface area contributed by atoms with Crippen molar-refractivity contribution >= 4 is 17.2 Å². The van der Waals surface area contributed by atoms with Gasteiger partial charge in [-0.3, -0.25) is 9.69 Å². The van der Waals surface area contributed by atoms with Crippen molar-refractivity contribution < 1.29 is 9.53 Å². The van der Waals surface area contributed by atoms with Gasteiger partial charge in [-0.05, 0) is 37.6 Å². The quantitative estimate of drug-likeness (QED) is 0.608. The van der Waals surface area contributed by atoms with Gasteiger partial charge in [0.15, 0.2) is 0 Å². The maximum absolute atomic E-state index is 12.3. The Balaban J connectivity index is 1.87. The molecular formula is C22H33N3O2S. The number of amides is 1. The third kappa shape index (κ3) is 4.85. The molecule has 0 aromatic carbocycles. The number of nitrogens with two attached hydrogens (primary N) is 1. The molecule has 154 valence electrons. The Morgan fingerprint density at radius 2 is 2.00 bits per heavy atom. The minimum atomic E-state index is -0.315. The summed E-state index contributed by atoms with van der Waals surface area (Å²) in [5.41, 5.74) is 9.91. The molecule has 1 saturated heterocycles. The highest BCUT2D eigenvalue weighted by Crippen LogP contribution is 2.36. The van der Waals surface area contributed by atoms with E-state index in [0.717, 1.165) is 74.8 Å². The molecule has 1 aliphatic rings. The van der Waals surface area contributed by atoms with Crippen molar-refractivity contribution in [1.29, 1.82) is 0 Å². The van der Waals surface area contributed by atoms with Crippen molar-refractivity contribution in [1.82, 2.24) is 9.47 Å². The van der Waals surface area contributed by atoms with E-state index in [4.69, 9.17) is 10.5 Å². The topological polar surface area (TPSA) is 60.5 Å². The normalized spacial score (nSPS) is 15.2. The molecule has 3 heterocycles. The Morgan fingerprint density at radius 1 is 1.21 bits per heavy atom. The number of hydrogen-bond acceptors (Lipinski definition) is 4. The van der Waals surface area contributed by atoms with Crippen LogP contribution in [-0.4, -0.2) is 48.2 Å². The molecule has 1 fully saturated rings. The molecule has 2 N–H and O–H groups in total. The van der Waals surface area contributed by atoms with Gasteiger partial charge in [0.2, 0.25) is 0 Å². The maximum atomic E-state index is 12.3. The standard InChI is InChI=1S/C22H33N3O2S/c1-3-4-5-8-18-21(19-9-6-16-28-19)20(22(23)26)17(2)25(18)11-7-10-24-12-14-27-15-13-24/h6,9,16H,3-5,7-8,10-15H2,1-2H3,(H2,23,26). The molecule has 5 nitrogen and oxygen atoms in total. The van der Waals surface area contributed by atoms with Crippen LogP contribution in [0.1, 0.15) is 54.4 Å². The van der Waals surface area contributed by atoms with Crippen LogP contribution in [0, 0.1) is 6.92 Å². The largest absolute Gasteiger partial charge is 0.379 e. The lowest BCUT2D eigenvalue weighted by molar-refractivity contribution is 0.0369. The number of thiophene rings is 1. The van der Waals surface area contributed by atoms with Crippen LogP contribution in [0.15, 0.2) is 17.5 Å². The molecule has 0 radical (unpaired) electrons. The highest BCUT2D eigenvalue weighted by atomic mass is 32.1. The molecule has 2 aromatic rings. The number of unbranched alkanes of at least 4 members (excludes halogenated alkanes) is 2. The zero-order valence-electron chi connectivity index (χ0n) is 17.2. The van der Waals surface area contributed by atoms with Gasteiger partial charge in [0.05, 0.1) is 18.8 Å². The van der Waals surface area contributed by atoms with Gasteiger partial charge in [-0.2, -0.15) is 0 Å². The molecule has 0 unspecified atom stereocenters. The van der Waals surface area contributed by atoms with Crippen LogP contribution in [0.5, 0.6) is 0 Å². The third-order valence-electron chi connectivity index (χ3n) is 5.62. The first-order chi connectivity index (χ1) is 13.6. The molecule has 0 saturated carbocycles. The zero-order chi connectivity index (χ0) is 19.9. The molecule has 1 aliphatic heterocycles. The molecule has 0 spiro atoms. The molecule has 0 aliphatic carbocycles. The molecule has 0 atom stereocenters. The second kappa shape index (κ2) is 10.2. The van der Waals surface area contributed by atoms with Gasteiger partial charge in [0.25, 0.3) is 5.91 Å². The molecule has 3 rings (SSSR count). The molecule has 1 amide bonds. The van der Waals surface area contributed by atoms with E-state index < -0.39 is 0 Å². The van der Waals surface area contributed by atoms with Gasteiger partial charge in [0, 0.05) is 48.0 Å². The summed E-state index contributed by atoms with van der Waals surface area (Å²) in [4.78, 5) is 16.0. The van der Waals surface area contributed by atoms with Crippen LogP contribution < -0.4 is 5.73 Å². The first-order valence-electron chi connectivity index (χ1n) is 10.5. The number of nitrogens with zero attached hydrogens (tertiary/aromatic N) is 2. The van der Waals surface area contributed by atoms with Crippen molar-refractivity contribution in [2.75, 3.05) is 32.8 Å². The van der Waals surface area contributed by atoms with E-state index in [1.807, 2.05) is 6.07 Å². The summed E-state index contributed by atoms with van der Waals surface area (Å²) in [6, 6.07) is 4.15. The predicted molar refractivity (Wildman–Crippen MR) is 116 cm³/mol. The molecule has 0 bridgehead atoms. The van der Waals surface area contributed by atoms with E-state index in [2.05, 4.69) is 34.8 Å². The second-order valence-corrected chi connectivity index (χ2v) is 8.49. The minimum absolute atomic E-state index is 0.315. The highest BCUT2D eigenvalue weighted by Gasteiger charge is 2.25. The number of carbonyl (C=O) groups excluding carboxylic acids is 1. The molecule has 28 heavy (non-hydrogen) atoms. The van der Waals surface area contributed by atoms with E-state index in [1.54, 1.807) is 11.3 Å². The van der Waals surface area contributed by atoms with Crippen molar-refractivity contribution in [3.63, 3.8) is 0 Å². The lowest BCUT2D eigenvalue weighted by atomic mass is 10.0. The average Bonchev–Trinajstić information content (AvgIpc) is 3.30. The molecule has 2 aromatic heterocycles. The number of hydrogen-bond donors (Lipinski definition) is 1. The summed E-state index contributed by atoms with van der Waals surface area (Å²) in [6.45, 7) is 9.96. The lowest BCUT2D eigenvalue weighted by Crippen LogP contribution is -2.37. The van der Waals surface area contributed by atoms with Crippen molar-refractivity contribution in [3.05, 3.63) is 34.5 Å². The Bertz CT molecular complexity index is 761. The first kappa shape index (κ1) is 21.1. The summed E-state index contributed by atoms with van der Waals surface area (Å²) in [6.07, 6.45) is 5.59. The summed E-state index contributed by atoms with van der Waals surface area (Å²) in [5.74, 6) is -0.315. The van der Waals surface area contributed by atoms with Crippen LogP contribution >= 0.6 is 11.3 Å². The Hall–Kier alpha value is -1.63. The Kier molecular flexibility index (Phi) is 7.71. The van der Waals surface area contributed by atoms with Crippen molar-refractivity contribution in [3.8, 4) is 10.4 Å².